The summed E-state index contributed by atoms with van der Waals surface area (Å²) in [7, 11) is 0. The molecule has 0 aromatic carbocycles. The van der Waals surface area contributed by atoms with Crippen molar-refractivity contribution in [3.05, 3.63) is 0 Å². The van der Waals surface area contributed by atoms with Crippen LogP contribution in [-0.2, 0) is 18.9 Å². The van der Waals surface area contributed by atoms with Crippen molar-refractivity contribution in [3.8, 4) is 0 Å². The van der Waals surface area contributed by atoms with Gasteiger partial charge >= 0.3 is 0 Å². The first-order valence-electron chi connectivity index (χ1n) is 7.87. The minimum Gasteiger partial charge on any atom is -0.394 e. The van der Waals surface area contributed by atoms with Crippen molar-refractivity contribution >= 4 is 23.5 Å². The van der Waals surface area contributed by atoms with E-state index in [0.29, 0.717) is 4.58 Å². The summed E-state index contributed by atoms with van der Waals surface area (Å²) in [5, 5.41) is 9.72. The van der Waals surface area contributed by atoms with Crippen LogP contribution in [0.1, 0.15) is 34.1 Å². The van der Waals surface area contributed by atoms with Crippen molar-refractivity contribution in [2.75, 3.05) is 18.1 Å². The first kappa shape index (κ1) is 17.3. The molecule has 0 aromatic rings. The third-order valence-electron chi connectivity index (χ3n) is 4.01. The molecule has 0 amide bonds. The van der Waals surface area contributed by atoms with Gasteiger partial charge in [-0.15, -0.1) is 23.5 Å². The normalized spacial score (nSPS) is 41.9. The van der Waals surface area contributed by atoms with E-state index in [0.717, 1.165) is 11.5 Å². The molecule has 0 aliphatic carbocycles. The number of aliphatic hydroxyl groups excluding tert-OH is 1. The summed E-state index contributed by atoms with van der Waals surface area (Å²) in [5.74, 6) is 0.857. The predicted octanol–water partition coefficient (Wildman–Crippen LogP) is 2.22. The summed E-state index contributed by atoms with van der Waals surface area (Å²) >= 11 is 3.87. The second kappa shape index (κ2) is 6.43. The maximum absolute atomic E-state index is 9.72. The lowest BCUT2D eigenvalue weighted by molar-refractivity contribution is -0.423. The van der Waals surface area contributed by atoms with Gasteiger partial charge in [0, 0.05) is 0 Å². The highest BCUT2D eigenvalue weighted by Crippen LogP contribution is 2.45. The number of hydrogen-bond acceptors (Lipinski definition) is 7. The Kier molecular flexibility index (Phi) is 5.06. The van der Waals surface area contributed by atoms with Crippen LogP contribution in [-0.4, -0.2) is 63.8 Å². The molecule has 0 saturated carbocycles. The molecule has 0 bridgehead atoms. The summed E-state index contributed by atoms with van der Waals surface area (Å²) in [6.07, 6.45) is 0.243. The van der Waals surface area contributed by atoms with E-state index in [1.807, 2.05) is 51.2 Å². The Labute approximate surface area is 140 Å². The summed E-state index contributed by atoms with van der Waals surface area (Å²) in [4.78, 5) is 0. The minimum absolute atomic E-state index is 0.0683. The van der Waals surface area contributed by atoms with E-state index < -0.39 is 17.7 Å². The smallest absolute Gasteiger partial charge is 0.164 e. The van der Waals surface area contributed by atoms with Crippen LogP contribution >= 0.6 is 23.5 Å². The van der Waals surface area contributed by atoms with E-state index in [-0.39, 0.29) is 24.9 Å². The van der Waals surface area contributed by atoms with Crippen LogP contribution in [0.2, 0.25) is 0 Å². The maximum atomic E-state index is 9.72. The molecule has 4 atom stereocenters. The molecule has 3 rings (SSSR count). The van der Waals surface area contributed by atoms with Gasteiger partial charge < -0.3 is 24.1 Å². The van der Waals surface area contributed by atoms with Crippen molar-refractivity contribution in [3.63, 3.8) is 0 Å². The second-order valence-electron chi connectivity index (χ2n) is 6.85. The molecule has 128 valence electrons. The third kappa shape index (κ3) is 3.61. The molecule has 3 fully saturated rings. The van der Waals surface area contributed by atoms with Gasteiger partial charge in [0.1, 0.15) is 24.4 Å². The Morgan fingerprint density at radius 1 is 0.864 bits per heavy atom. The van der Waals surface area contributed by atoms with Crippen LogP contribution < -0.4 is 0 Å². The maximum Gasteiger partial charge on any atom is 0.164 e. The highest BCUT2D eigenvalue weighted by Gasteiger charge is 2.55. The Morgan fingerprint density at radius 3 is 2.05 bits per heavy atom. The van der Waals surface area contributed by atoms with Gasteiger partial charge in [0.15, 0.2) is 11.6 Å². The average Bonchev–Trinajstić information content (AvgIpc) is 2.46. The minimum atomic E-state index is -0.745. The zero-order valence-electron chi connectivity index (χ0n) is 13.6. The number of aliphatic hydroxyl groups is 1. The molecule has 22 heavy (non-hydrogen) atoms. The molecule has 3 aliphatic rings. The van der Waals surface area contributed by atoms with E-state index in [1.165, 1.54) is 6.42 Å². The Balaban J connectivity index is 1.86. The quantitative estimate of drug-likeness (QED) is 0.819. The van der Waals surface area contributed by atoms with E-state index in [2.05, 4.69) is 0 Å². The molecule has 0 unspecified atom stereocenters. The largest absolute Gasteiger partial charge is 0.394 e. The number of ether oxygens (including phenoxy) is 4. The van der Waals surface area contributed by atoms with Gasteiger partial charge in [-0.1, -0.05) is 0 Å². The van der Waals surface area contributed by atoms with Crippen LogP contribution in [0.4, 0.5) is 0 Å². The average molecular weight is 351 g/mol. The predicted molar refractivity (Wildman–Crippen MR) is 88.1 cm³/mol. The topological polar surface area (TPSA) is 57.2 Å². The lowest BCUT2D eigenvalue weighted by Crippen LogP contribution is -2.67. The molecule has 5 nitrogen and oxygen atoms in total. The van der Waals surface area contributed by atoms with Crippen LogP contribution in [0.5, 0.6) is 0 Å². The van der Waals surface area contributed by atoms with E-state index in [4.69, 9.17) is 18.9 Å². The number of rotatable bonds is 2. The third-order valence-corrected chi connectivity index (χ3v) is 7.07. The zero-order valence-corrected chi connectivity index (χ0v) is 15.2. The summed E-state index contributed by atoms with van der Waals surface area (Å²) in [6.45, 7) is 7.51. The van der Waals surface area contributed by atoms with Gasteiger partial charge in [-0.2, -0.15) is 0 Å². The molecule has 0 aromatic heterocycles. The Bertz CT molecular complexity index is 395. The van der Waals surface area contributed by atoms with E-state index in [1.54, 1.807) is 0 Å². The van der Waals surface area contributed by atoms with Crippen molar-refractivity contribution in [1.29, 1.82) is 0 Å². The van der Waals surface area contributed by atoms with Gasteiger partial charge in [0.25, 0.3) is 0 Å². The summed E-state index contributed by atoms with van der Waals surface area (Å²) in [6, 6.07) is 0. The number of hydrogen-bond donors (Lipinski definition) is 1. The number of thioether (sulfide) groups is 2. The van der Waals surface area contributed by atoms with Crippen LogP contribution in [0.15, 0.2) is 0 Å². The molecule has 3 heterocycles. The molecule has 3 saturated heterocycles. The fourth-order valence-electron chi connectivity index (χ4n) is 3.26. The lowest BCUT2D eigenvalue weighted by atomic mass is 9.98. The SMILES string of the molecule is CC1(C)O[C@@H]2[C@H](OC(C)(C)O[C@H]2C2SCCCS2)[C@@H](CO)O1. The van der Waals surface area contributed by atoms with Crippen molar-refractivity contribution < 1.29 is 24.1 Å². The van der Waals surface area contributed by atoms with E-state index >= 15 is 0 Å². The second-order valence-corrected chi connectivity index (χ2v) is 9.65. The first-order chi connectivity index (χ1) is 10.3. The van der Waals surface area contributed by atoms with Crippen LogP contribution in [0, 0.1) is 0 Å². The zero-order chi connectivity index (χ0) is 16.0. The molecule has 7 heteroatoms. The van der Waals surface area contributed by atoms with Gasteiger partial charge in [-0.05, 0) is 45.6 Å². The van der Waals surface area contributed by atoms with Crippen molar-refractivity contribution in [2.24, 2.45) is 0 Å². The molecular weight excluding hydrogens is 324 g/mol. The molecule has 3 aliphatic heterocycles. The highest BCUT2D eigenvalue weighted by atomic mass is 32.2. The molecule has 0 radical (unpaired) electrons. The van der Waals surface area contributed by atoms with Gasteiger partial charge in [0.2, 0.25) is 0 Å². The lowest BCUT2D eigenvalue weighted by Gasteiger charge is -2.54. The van der Waals surface area contributed by atoms with Gasteiger partial charge in [0.05, 0.1) is 11.2 Å². The Hall–Kier alpha value is 0.500. The highest BCUT2D eigenvalue weighted by molar-refractivity contribution is 8.17. The van der Waals surface area contributed by atoms with E-state index in [9.17, 15) is 5.11 Å². The Morgan fingerprint density at radius 2 is 1.41 bits per heavy atom. The summed E-state index contributed by atoms with van der Waals surface area (Å²) in [5.41, 5.74) is 0. The summed E-state index contributed by atoms with van der Waals surface area (Å²) < 4.78 is 24.6. The number of fused-ring (bicyclic) bond motifs is 1. The van der Waals surface area contributed by atoms with Gasteiger partial charge in [-0.25, -0.2) is 0 Å². The first-order valence-corrected chi connectivity index (χ1v) is 9.96. The monoisotopic (exact) mass is 350 g/mol. The van der Waals surface area contributed by atoms with Crippen molar-refractivity contribution in [1.82, 2.24) is 0 Å². The van der Waals surface area contributed by atoms with Gasteiger partial charge in [-0.3, -0.25) is 0 Å². The molecular formula is C15H26O5S2. The fourth-order valence-corrected chi connectivity index (χ4v) is 6.29. The molecule has 1 N–H and O–H groups in total. The fraction of sp³-hybridized carbons (Fsp3) is 1.00. The molecule has 0 spiro atoms. The van der Waals surface area contributed by atoms with Crippen LogP contribution in [0.25, 0.3) is 0 Å². The van der Waals surface area contributed by atoms with Crippen LogP contribution in [0.3, 0.4) is 0 Å². The standard InChI is InChI=1S/C15H26O5S2/c1-14(2)17-9(8-16)10-11(19-14)12(20-15(3,4)18-10)13-21-6-5-7-22-13/h9-13,16H,5-8H2,1-4H3/t9-,10-,11-,12-/m1/s1. The van der Waals surface area contributed by atoms with Crippen molar-refractivity contribution in [2.45, 2.75) is 74.7 Å².